The van der Waals surface area contributed by atoms with Crippen LogP contribution in [0.25, 0.3) is 11.1 Å². The third-order valence-corrected chi connectivity index (χ3v) is 11.8. The van der Waals surface area contributed by atoms with Gasteiger partial charge in [0.25, 0.3) is 6.01 Å². The molecule has 55 heavy (non-hydrogen) atoms. The Morgan fingerprint density at radius 1 is 1.00 bits per heavy atom. The number of amides is 1. The third kappa shape index (κ3) is 10.4. The number of likely N-dealkylation sites (tertiary alicyclic amines) is 1. The first-order chi connectivity index (χ1) is 26.3. The molecule has 3 heterocycles. The molecule has 2 aromatic heterocycles. The fraction of sp³-hybridized carbons (Fsp3) is 0.605. The lowest BCUT2D eigenvalue weighted by Gasteiger charge is -2.36. The second-order valence-electron chi connectivity index (χ2n) is 17.0. The second-order valence-corrected chi connectivity index (χ2v) is 17.4. The van der Waals surface area contributed by atoms with Gasteiger partial charge in [0.15, 0.2) is 22.9 Å². The van der Waals surface area contributed by atoms with Crippen LogP contribution in [0.2, 0.25) is 5.15 Å². The zero-order chi connectivity index (χ0) is 39.3. The van der Waals surface area contributed by atoms with Crippen molar-refractivity contribution in [3.63, 3.8) is 0 Å². The molecule has 3 aromatic rings. The summed E-state index contributed by atoms with van der Waals surface area (Å²) in [6, 6.07) is 9.51. The van der Waals surface area contributed by atoms with Gasteiger partial charge in [-0.25, -0.2) is 4.98 Å². The van der Waals surface area contributed by atoms with Crippen LogP contribution in [0.4, 0.5) is 6.01 Å². The molecule has 1 saturated heterocycles. The first kappa shape index (κ1) is 40.5. The summed E-state index contributed by atoms with van der Waals surface area (Å²) in [6.07, 6.45) is 9.03. The molecule has 296 valence electrons. The molecule has 0 bridgehead atoms. The van der Waals surface area contributed by atoms with Gasteiger partial charge in [-0.1, -0.05) is 77.1 Å². The molecule has 11 nitrogen and oxygen atoms in total. The quantitative estimate of drug-likeness (QED) is 0.0990. The Bertz CT molecular complexity index is 1810. The van der Waals surface area contributed by atoms with Crippen molar-refractivity contribution in [1.82, 2.24) is 14.9 Å². The number of para-hydroxylation sites is 2. The largest absolute Gasteiger partial charge is 0.487 e. The van der Waals surface area contributed by atoms with Crippen molar-refractivity contribution in [2.45, 2.75) is 129 Å². The van der Waals surface area contributed by atoms with E-state index in [9.17, 15) is 24.0 Å². The molecule has 1 aliphatic heterocycles. The lowest BCUT2D eigenvalue weighted by molar-refractivity contribution is -0.147. The number of carbonyl (C=O) groups is 5. The summed E-state index contributed by atoms with van der Waals surface area (Å²) >= 11 is 6.01. The molecule has 5 atom stereocenters. The molecule has 0 radical (unpaired) electrons. The van der Waals surface area contributed by atoms with Crippen LogP contribution >= 0.6 is 11.6 Å². The summed E-state index contributed by atoms with van der Waals surface area (Å²) in [5.74, 6) is -2.34. The zero-order valence-corrected chi connectivity index (χ0v) is 33.3. The average molecular weight is 775 g/mol. The molecule has 3 aliphatic rings. The van der Waals surface area contributed by atoms with Gasteiger partial charge in [-0.3, -0.25) is 24.0 Å². The lowest BCUT2D eigenvalue weighted by atomic mass is 9.74. The molecule has 2 saturated carbocycles. The van der Waals surface area contributed by atoms with E-state index < -0.39 is 47.0 Å². The molecule has 2 aliphatic carbocycles. The first-order valence-electron chi connectivity index (χ1n) is 20.1. The number of fused-ring (bicyclic) bond motifs is 1. The average Bonchev–Trinajstić information content (AvgIpc) is 3.72. The number of halogens is 1. The van der Waals surface area contributed by atoms with Crippen molar-refractivity contribution in [1.29, 1.82) is 0 Å². The second kappa shape index (κ2) is 17.8. The van der Waals surface area contributed by atoms with Crippen LogP contribution < -0.4 is 10.1 Å². The van der Waals surface area contributed by atoms with E-state index in [0.717, 1.165) is 44.9 Å². The van der Waals surface area contributed by atoms with Gasteiger partial charge < -0.3 is 19.4 Å². The van der Waals surface area contributed by atoms with Crippen LogP contribution in [-0.4, -0.2) is 68.6 Å². The molecule has 1 amide bonds. The van der Waals surface area contributed by atoms with Crippen molar-refractivity contribution in [2.24, 2.45) is 29.1 Å². The number of hydrogen-bond donors (Lipinski definition) is 1. The minimum Gasteiger partial charge on any atom is -0.487 e. The maximum absolute atomic E-state index is 14.9. The summed E-state index contributed by atoms with van der Waals surface area (Å²) in [5, 5.41) is 3.64. The molecule has 6 rings (SSSR count). The number of ether oxygens (including phenoxy) is 1. The van der Waals surface area contributed by atoms with E-state index in [0.29, 0.717) is 34.8 Å². The van der Waals surface area contributed by atoms with Gasteiger partial charge in [0, 0.05) is 37.5 Å². The summed E-state index contributed by atoms with van der Waals surface area (Å²) in [7, 11) is 0. The van der Waals surface area contributed by atoms with E-state index in [1.54, 1.807) is 17.0 Å². The van der Waals surface area contributed by atoms with Crippen LogP contribution in [0, 0.1) is 29.1 Å². The zero-order valence-electron chi connectivity index (χ0n) is 32.6. The van der Waals surface area contributed by atoms with Crippen LogP contribution in [0.1, 0.15) is 111 Å². The van der Waals surface area contributed by atoms with Crippen molar-refractivity contribution >= 4 is 57.8 Å². The Hall–Kier alpha value is -4.12. The number of anilines is 1. The Morgan fingerprint density at radius 2 is 1.75 bits per heavy atom. The highest BCUT2D eigenvalue weighted by atomic mass is 35.5. The maximum Gasteiger partial charge on any atom is 0.296 e. The minimum absolute atomic E-state index is 0.0482. The molecule has 3 fully saturated rings. The fourth-order valence-electron chi connectivity index (χ4n) is 8.31. The number of nitrogens with zero attached hydrogens (tertiary/aromatic N) is 3. The molecular formula is C43H55ClN4O7. The van der Waals surface area contributed by atoms with E-state index in [2.05, 4.69) is 15.3 Å². The van der Waals surface area contributed by atoms with Crippen LogP contribution in [0.3, 0.4) is 0 Å². The Kier molecular flexibility index (Phi) is 13.1. The van der Waals surface area contributed by atoms with Crippen LogP contribution in [0.15, 0.2) is 47.0 Å². The topological polar surface area (TPSA) is 149 Å². The predicted molar refractivity (Wildman–Crippen MR) is 210 cm³/mol. The van der Waals surface area contributed by atoms with Gasteiger partial charge in [0.2, 0.25) is 11.7 Å². The predicted octanol–water partition coefficient (Wildman–Crippen LogP) is 8.22. The number of aromatic nitrogens is 2. The van der Waals surface area contributed by atoms with Gasteiger partial charge in [-0.2, -0.15) is 4.98 Å². The van der Waals surface area contributed by atoms with E-state index in [1.807, 2.05) is 52.0 Å². The number of benzene rings is 1. The number of Topliss-reactive ketones (excluding diaryl/α,β-unsaturated/α-hetero) is 4. The van der Waals surface area contributed by atoms with E-state index in [1.165, 1.54) is 6.20 Å². The highest BCUT2D eigenvalue weighted by molar-refractivity contribution is 6.38. The number of oxazole rings is 1. The molecule has 1 unspecified atom stereocenters. The number of hydrogen-bond acceptors (Lipinski definition) is 10. The number of pyridine rings is 1. The molecular weight excluding hydrogens is 720 g/mol. The van der Waals surface area contributed by atoms with Crippen molar-refractivity contribution in [3.05, 3.63) is 47.7 Å². The smallest absolute Gasteiger partial charge is 0.296 e. The third-order valence-electron chi connectivity index (χ3n) is 11.6. The number of carbonyl (C=O) groups excluding carboxylic acids is 5. The first-order valence-corrected chi connectivity index (χ1v) is 20.5. The summed E-state index contributed by atoms with van der Waals surface area (Å²) < 4.78 is 12.2. The Balaban J connectivity index is 1.25. The van der Waals surface area contributed by atoms with Crippen LogP contribution in [0.5, 0.6) is 5.75 Å². The van der Waals surface area contributed by atoms with Gasteiger partial charge >= 0.3 is 0 Å². The highest BCUT2D eigenvalue weighted by Gasteiger charge is 2.47. The van der Waals surface area contributed by atoms with Gasteiger partial charge in [0.05, 0.1) is 24.8 Å². The molecule has 1 N–H and O–H groups in total. The Labute approximate surface area is 328 Å². The summed E-state index contributed by atoms with van der Waals surface area (Å²) in [6.45, 7) is 7.85. The molecule has 0 spiro atoms. The summed E-state index contributed by atoms with van der Waals surface area (Å²) in [4.78, 5) is 80.3. The number of ketones is 4. The lowest BCUT2D eigenvalue weighted by Crippen LogP contribution is -2.49. The van der Waals surface area contributed by atoms with Gasteiger partial charge in [-0.15, -0.1) is 0 Å². The SMILES string of the molecule is CCCC(CC(=O)[C@@H]1C[C@@H](Oc2ccc(Cl)nc2)CN1C(=O)[C@@H](CC(=O)[C@@H](Nc1nc2ccccc2o1)C1CCCCC1)C(C)(C)C)C(=O)C(=O)CC1CC1. The van der Waals surface area contributed by atoms with Gasteiger partial charge in [0.1, 0.15) is 22.5 Å². The molecule has 12 heteroatoms. The normalized spacial score (nSPS) is 20.9. The van der Waals surface area contributed by atoms with Crippen LogP contribution in [-0.2, 0) is 24.0 Å². The molecule has 1 aromatic carbocycles. The van der Waals surface area contributed by atoms with Gasteiger partial charge in [-0.05, 0) is 73.6 Å². The Morgan fingerprint density at radius 3 is 2.40 bits per heavy atom. The standard InChI is InChI=1S/C43H55ClN4O7/c1-5-11-28(40(52)36(51)20-26-16-17-26)21-34(49)33-22-30(54-29-18-19-38(44)45-24-29)25-48(33)41(53)31(43(2,3)4)23-35(50)39(27-12-7-6-8-13-27)47-42-46-32-14-9-10-15-37(32)55-42/h9-10,14-15,18-19,24,26-28,30-31,33,39H,5-8,11-13,16-17,20-23,25H2,1-4H3,(H,46,47)/t28?,30-,31-,33+,39+/m1/s1. The minimum atomic E-state index is -0.893. The van der Waals surface area contributed by atoms with Crippen molar-refractivity contribution in [2.75, 3.05) is 11.9 Å². The monoisotopic (exact) mass is 774 g/mol. The maximum atomic E-state index is 14.9. The van der Waals surface area contributed by atoms with E-state index >= 15 is 0 Å². The number of nitrogens with one attached hydrogen (secondary N) is 1. The van der Waals surface area contributed by atoms with E-state index in [-0.39, 0.29) is 67.6 Å². The number of rotatable bonds is 18. The van der Waals surface area contributed by atoms with Crippen molar-refractivity contribution in [3.8, 4) is 5.75 Å². The van der Waals surface area contributed by atoms with E-state index in [4.69, 9.17) is 20.8 Å². The highest BCUT2D eigenvalue weighted by Crippen LogP contribution is 2.38. The summed E-state index contributed by atoms with van der Waals surface area (Å²) in [5.41, 5.74) is 0.659. The van der Waals surface area contributed by atoms with Crippen molar-refractivity contribution < 1.29 is 33.1 Å². The fourth-order valence-corrected chi connectivity index (χ4v) is 8.42.